The number of nitrogen functional groups attached to an aromatic ring is 1. The lowest BCUT2D eigenvalue weighted by Crippen LogP contribution is -2.39. The van der Waals surface area contributed by atoms with Gasteiger partial charge in [-0.25, -0.2) is 0 Å². The van der Waals surface area contributed by atoms with Gasteiger partial charge in [0.05, 0.1) is 0 Å². The Bertz CT molecular complexity index is 451. The molecule has 0 spiro atoms. The second-order valence-corrected chi connectivity index (χ2v) is 5.26. The van der Waals surface area contributed by atoms with Crippen molar-refractivity contribution in [2.24, 2.45) is 5.92 Å². The van der Waals surface area contributed by atoms with Crippen molar-refractivity contribution in [1.29, 1.82) is 0 Å². The highest BCUT2D eigenvalue weighted by atomic mass is 16.5. The Morgan fingerprint density at radius 1 is 1.42 bits per heavy atom. The molecule has 1 aliphatic rings. The van der Waals surface area contributed by atoms with Gasteiger partial charge in [0, 0.05) is 38.1 Å². The number of hydrogen-bond donors (Lipinski definition) is 1. The molecule has 2 rings (SSSR count). The lowest BCUT2D eigenvalue weighted by Gasteiger charge is -2.31. The lowest BCUT2D eigenvalue weighted by atomic mass is 9.97. The van der Waals surface area contributed by atoms with Crippen molar-refractivity contribution in [1.82, 2.24) is 4.90 Å². The zero-order chi connectivity index (χ0) is 13.8. The van der Waals surface area contributed by atoms with E-state index in [1.54, 1.807) is 13.2 Å². The summed E-state index contributed by atoms with van der Waals surface area (Å²) >= 11 is 0. The largest absolute Gasteiger partial charge is 0.398 e. The molecule has 0 saturated carbocycles. The fourth-order valence-corrected chi connectivity index (χ4v) is 2.49. The summed E-state index contributed by atoms with van der Waals surface area (Å²) in [6, 6.07) is 5.54. The highest BCUT2D eigenvalue weighted by Crippen LogP contribution is 2.20. The Labute approximate surface area is 114 Å². The van der Waals surface area contributed by atoms with Crippen LogP contribution in [0.5, 0.6) is 0 Å². The van der Waals surface area contributed by atoms with Crippen LogP contribution in [0.3, 0.4) is 0 Å². The number of methoxy groups -OCH3 is 1. The maximum atomic E-state index is 12.4. The van der Waals surface area contributed by atoms with Crippen LogP contribution in [0.4, 0.5) is 5.69 Å². The number of nitrogens with zero attached hydrogens (tertiary/aromatic N) is 1. The molecular weight excluding hydrogens is 240 g/mol. The SMILES string of the molecule is COCC1CCN(C(=O)c2ccc(C)c(N)c2)CC1. The summed E-state index contributed by atoms with van der Waals surface area (Å²) in [6.07, 6.45) is 2.03. The first-order valence-corrected chi connectivity index (χ1v) is 6.76. The number of likely N-dealkylation sites (tertiary alicyclic amines) is 1. The van der Waals surface area contributed by atoms with Gasteiger partial charge in [-0.3, -0.25) is 4.79 Å². The monoisotopic (exact) mass is 262 g/mol. The van der Waals surface area contributed by atoms with E-state index in [-0.39, 0.29) is 5.91 Å². The van der Waals surface area contributed by atoms with Crippen molar-refractivity contribution in [3.63, 3.8) is 0 Å². The lowest BCUT2D eigenvalue weighted by molar-refractivity contribution is 0.0613. The number of hydrogen-bond acceptors (Lipinski definition) is 3. The molecule has 1 aliphatic heterocycles. The summed E-state index contributed by atoms with van der Waals surface area (Å²) in [4.78, 5) is 14.3. The molecule has 104 valence electrons. The third-order valence-electron chi connectivity index (χ3n) is 3.83. The van der Waals surface area contributed by atoms with Gasteiger partial charge in [0.15, 0.2) is 0 Å². The molecule has 4 nitrogen and oxygen atoms in total. The van der Waals surface area contributed by atoms with E-state index in [4.69, 9.17) is 10.5 Å². The summed E-state index contributed by atoms with van der Waals surface area (Å²) in [6.45, 7) is 4.35. The number of anilines is 1. The van der Waals surface area contributed by atoms with Crippen LogP contribution in [0.25, 0.3) is 0 Å². The van der Waals surface area contributed by atoms with Gasteiger partial charge in [0.25, 0.3) is 5.91 Å². The molecule has 0 unspecified atom stereocenters. The normalized spacial score (nSPS) is 16.6. The second kappa shape index (κ2) is 6.06. The summed E-state index contributed by atoms with van der Waals surface area (Å²) in [5, 5.41) is 0. The number of amides is 1. The van der Waals surface area contributed by atoms with E-state index in [0.29, 0.717) is 17.2 Å². The van der Waals surface area contributed by atoms with E-state index >= 15 is 0 Å². The highest BCUT2D eigenvalue weighted by molar-refractivity contribution is 5.95. The number of nitrogens with two attached hydrogens (primary N) is 1. The van der Waals surface area contributed by atoms with Crippen LogP contribution < -0.4 is 5.73 Å². The predicted molar refractivity (Wildman–Crippen MR) is 76.1 cm³/mol. The molecule has 0 bridgehead atoms. The summed E-state index contributed by atoms with van der Waals surface area (Å²) in [5.74, 6) is 0.666. The number of aryl methyl sites for hydroxylation is 1. The fraction of sp³-hybridized carbons (Fsp3) is 0.533. The molecule has 1 aromatic carbocycles. The predicted octanol–water partition coefficient (Wildman–Crippen LogP) is 2.08. The van der Waals surface area contributed by atoms with Crippen LogP contribution in [-0.2, 0) is 4.74 Å². The Hall–Kier alpha value is -1.55. The molecule has 4 heteroatoms. The maximum Gasteiger partial charge on any atom is 0.253 e. The van der Waals surface area contributed by atoms with Crippen LogP contribution in [0.15, 0.2) is 18.2 Å². The molecule has 1 aromatic rings. The number of carbonyl (C=O) groups excluding carboxylic acids is 1. The Balaban J connectivity index is 1.99. The Morgan fingerprint density at radius 2 is 2.11 bits per heavy atom. The Morgan fingerprint density at radius 3 is 2.68 bits per heavy atom. The summed E-state index contributed by atoms with van der Waals surface area (Å²) in [7, 11) is 1.73. The van der Waals surface area contributed by atoms with Crippen LogP contribution in [0, 0.1) is 12.8 Å². The van der Waals surface area contributed by atoms with Crippen molar-refractivity contribution < 1.29 is 9.53 Å². The zero-order valence-corrected chi connectivity index (χ0v) is 11.7. The first kappa shape index (κ1) is 13.9. The minimum Gasteiger partial charge on any atom is -0.398 e. The third kappa shape index (κ3) is 3.26. The molecule has 1 fully saturated rings. The molecule has 1 saturated heterocycles. The first-order valence-electron chi connectivity index (χ1n) is 6.76. The molecule has 0 aliphatic carbocycles. The summed E-state index contributed by atoms with van der Waals surface area (Å²) in [5.41, 5.74) is 8.24. The average molecular weight is 262 g/mol. The van der Waals surface area contributed by atoms with Crippen molar-refractivity contribution in [3.05, 3.63) is 29.3 Å². The van der Waals surface area contributed by atoms with Crippen LogP contribution >= 0.6 is 0 Å². The number of ether oxygens (including phenoxy) is 1. The topological polar surface area (TPSA) is 55.6 Å². The molecule has 0 radical (unpaired) electrons. The van der Waals surface area contributed by atoms with Crippen LogP contribution in [0.1, 0.15) is 28.8 Å². The van der Waals surface area contributed by atoms with E-state index < -0.39 is 0 Å². The van der Waals surface area contributed by atoms with Gasteiger partial charge in [-0.05, 0) is 43.4 Å². The number of benzene rings is 1. The van der Waals surface area contributed by atoms with Gasteiger partial charge < -0.3 is 15.4 Å². The van der Waals surface area contributed by atoms with Crippen LogP contribution in [0.2, 0.25) is 0 Å². The molecule has 1 amide bonds. The van der Waals surface area contributed by atoms with Crippen LogP contribution in [-0.4, -0.2) is 37.6 Å². The van der Waals surface area contributed by atoms with Crippen molar-refractivity contribution in [3.8, 4) is 0 Å². The van der Waals surface area contributed by atoms with Gasteiger partial charge >= 0.3 is 0 Å². The Kier molecular flexibility index (Phi) is 4.43. The van der Waals surface area contributed by atoms with Crippen molar-refractivity contribution in [2.45, 2.75) is 19.8 Å². The quantitative estimate of drug-likeness (QED) is 0.848. The number of piperidine rings is 1. The van der Waals surface area contributed by atoms with E-state index in [0.717, 1.165) is 38.1 Å². The van der Waals surface area contributed by atoms with E-state index in [2.05, 4.69) is 0 Å². The third-order valence-corrected chi connectivity index (χ3v) is 3.83. The standard InChI is InChI=1S/C15H22N2O2/c1-11-3-4-13(9-14(11)16)15(18)17-7-5-12(6-8-17)10-19-2/h3-4,9,12H,5-8,10,16H2,1-2H3. The minimum absolute atomic E-state index is 0.0857. The number of rotatable bonds is 3. The zero-order valence-electron chi connectivity index (χ0n) is 11.7. The fourth-order valence-electron chi connectivity index (χ4n) is 2.49. The van der Waals surface area contributed by atoms with Crippen molar-refractivity contribution in [2.75, 3.05) is 32.5 Å². The van der Waals surface area contributed by atoms with Crippen molar-refractivity contribution >= 4 is 11.6 Å². The first-order chi connectivity index (χ1) is 9.11. The summed E-state index contributed by atoms with van der Waals surface area (Å²) < 4.78 is 5.17. The second-order valence-electron chi connectivity index (χ2n) is 5.26. The van der Waals surface area contributed by atoms with E-state index in [1.165, 1.54) is 0 Å². The molecule has 2 N–H and O–H groups in total. The van der Waals surface area contributed by atoms with Gasteiger partial charge in [0.1, 0.15) is 0 Å². The highest BCUT2D eigenvalue weighted by Gasteiger charge is 2.23. The molecule has 0 aromatic heterocycles. The molecule has 0 atom stereocenters. The average Bonchev–Trinajstić information content (AvgIpc) is 2.42. The number of carbonyl (C=O) groups is 1. The molecule has 19 heavy (non-hydrogen) atoms. The smallest absolute Gasteiger partial charge is 0.253 e. The molecule has 1 heterocycles. The van der Waals surface area contributed by atoms with Gasteiger partial charge in [-0.2, -0.15) is 0 Å². The van der Waals surface area contributed by atoms with E-state index in [1.807, 2.05) is 24.0 Å². The van der Waals surface area contributed by atoms with Gasteiger partial charge in [-0.15, -0.1) is 0 Å². The van der Waals surface area contributed by atoms with Gasteiger partial charge in [0.2, 0.25) is 0 Å². The van der Waals surface area contributed by atoms with E-state index in [9.17, 15) is 4.79 Å². The maximum absolute atomic E-state index is 12.4. The minimum atomic E-state index is 0.0857. The molecular formula is C15H22N2O2. The van der Waals surface area contributed by atoms with Gasteiger partial charge in [-0.1, -0.05) is 6.07 Å².